The molecule has 4 aromatic rings. The molecule has 0 fully saturated rings. The smallest absolute Gasteiger partial charge is 0.291 e. The van der Waals surface area contributed by atoms with E-state index in [1.54, 1.807) is 40.5 Å². The highest BCUT2D eigenvalue weighted by molar-refractivity contribution is 7.78. The molecule has 10 nitrogen and oxygen atoms in total. The Hall–Kier alpha value is -3.73. The van der Waals surface area contributed by atoms with Crippen molar-refractivity contribution in [3.05, 3.63) is 61.1 Å². The normalized spacial score (nSPS) is 10.7. The van der Waals surface area contributed by atoms with Gasteiger partial charge in [-0.1, -0.05) is 31.0 Å². The van der Waals surface area contributed by atoms with Gasteiger partial charge in [0.2, 0.25) is 0 Å². The number of hydrogen-bond acceptors (Lipinski definition) is 8. The van der Waals surface area contributed by atoms with Gasteiger partial charge < -0.3 is 0 Å². The summed E-state index contributed by atoms with van der Waals surface area (Å²) in [7, 11) is 0. The molecule has 2 amide bonds. The molecule has 0 spiro atoms. The molecule has 0 aliphatic heterocycles. The number of fused-ring (bicyclic) bond motifs is 1. The Kier molecular flexibility index (Phi) is 5.20. The maximum atomic E-state index is 12.0. The lowest BCUT2D eigenvalue weighted by atomic mass is 10.3. The van der Waals surface area contributed by atoms with E-state index in [1.807, 2.05) is 37.3 Å². The van der Waals surface area contributed by atoms with Crippen molar-refractivity contribution in [2.24, 2.45) is 0 Å². The highest BCUT2D eigenvalue weighted by atomic mass is 32.1. The fourth-order valence-corrected chi connectivity index (χ4v) is 2.66. The summed E-state index contributed by atoms with van der Waals surface area (Å²) in [6.07, 6.45) is 4.91. The number of pyridine rings is 1. The number of anilines is 3. The Balaban J connectivity index is 1.73. The number of aromatic nitrogens is 6. The maximum Gasteiger partial charge on any atom is 0.332 e. The van der Waals surface area contributed by atoms with Crippen molar-refractivity contribution in [1.29, 1.82) is 0 Å². The first-order valence-electron chi connectivity index (χ1n) is 8.78. The summed E-state index contributed by atoms with van der Waals surface area (Å²) < 4.78 is 1.25. The summed E-state index contributed by atoms with van der Waals surface area (Å²) in [5.41, 5.74) is 1.80. The van der Waals surface area contributed by atoms with Crippen LogP contribution in [-0.2, 0) is 0 Å². The first-order chi connectivity index (χ1) is 14.2. The van der Waals surface area contributed by atoms with E-state index in [2.05, 4.69) is 43.4 Å². The van der Waals surface area contributed by atoms with Crippen LogP contribution in [0, 0.1) is 0 Å². The van der Waals surface area contributed by atoms with E-state index in [0.717, 1.165) is 5.69 Å². The second kappa shape index (κ2) is 8.10. The van der Waals surface area contributed by atoms with Gasteiger partial charge in [0.1, 0.15) is 11.3 Å². The van der Waals surface area contributed by atoms with Crippen LogP contribution in [0.3, 0.4) is 0 Å². The van der Waals surface area contributed by atoms with Crippen LogP contribution in [0.25, 0.3) is 11.2 Å². The van der Waals surface area contributed by atoms with E-state index in [1.165, 1.54) is 4.31 Å². The fourth-order valence-electron chi connectivity index (χ4n) is 2.61. The van der Waals surface area contributed by atoms with Crippen LogP contribution in [-0.4, -0.2) is 46.9 Å². The largest absolute Gasteiger partial charge is 0.332 e. The molecule has 0 aliphatic rings. The molecule has 0 unspecified atom stereocenters. The van der Waals surface area contributed by atoms with Gasteiger partial charge in [-0.05, 0) is 36.4 Å². The highest BCUT2D eigenvalue weighted by Gasteiger charge is 2.16. The van der Waals surface area contributed by atoms with Crippen molar-refractivity contribution in [2.75, 3.05) is 16.9 Å². The number of thiol groups is 1. The molecule has 0 saturated carbocycles. The molecule has 29 heavy (non-hydrogen) atoms. The molecular weight excluding hydrogens is 390 g/mol. The second-order valence-electron chi connectivity index (χ2n) is 5.88. The van der Waals surface area contributed by atoms with Gasteiger partial charge >= 0.3 is 6.03 Å². The summed E-state index contributed by atoms with van der Waals surface area (Å²) in [6.45, 7) is 2.27. The van der Waals surface area contributed by atoms with Crippen molar-refractivity contribution >= 4 is 47.3 Å². The third-order valence-corrected chi connectivity index (χ3v) is 4.46. The van der Waals surface area contributed by atoms with Crippen LogP contribution in [0.15, 0.2) is 61.1 Å². The van der Waals surface area contributed by atoms with Gasteiger partial charge in [-0.2, -0.15) is 4.79 Å². The lowest BCUT2D eigenvalue weighted by Gasteiger charge is -2.22. The number of nitrogens with zero attached hydrogens (tertiary/aromatic N) is 8. The molecule has 0 saturated heterocycles. The number of nitrogens with one attached hydrogen (secondary N) is 1. The number of benzene rings is 1. The Morgan fingerprint density at radius 1 is 1.17 bits per heavy atom. The Labute approximate surface area is 171 Å². The zero-order valence-corrected chi connectivity index (χ0v) is 16.3. The van der Waals surface area contributed by atoms with E-state index >= 15 is 0 Å². The van der Waals surface area contributed by atoms with E-state index in [0.29, 0.717) is 29.3 Å². The first-order valence-corrected chi connectivity index (χ1v) is 9.18. The number of para-hydroxylation sites is 1. The Morgan fingerprint density at radius 3 is 2.72 bits per heavy atom. The molecule has 3 heterocycles. The standard InChI is InChI=1S/C18H17N9OS/c1-2-25(29)18(28)22-15-9-8-14-17(21-15)23-16(12-19-14)27(26-11-10-20-24-26)13-6-4-3-5-7-13/h3-12,29H,2H2,1H3,(H,21,22,23,28). The van der Waals surface area contributed by atoms with E-state index in [-0.39, 0.29) is 6.03 Å². The zero-order chi connectivity index (χ0) is 20.2. The van der Waals surface area contributed by atoms with E-state index < -0.39 is 0 Å². The van der Waals surface area contributed by atoms with Gasteiger partial charge in [0.05, 0.1) is 24.3 Å². The summed E-state index contributed by atoms with van der Waals surface area (Å²) in [5.74, 6) is 0.850. The lowest BCUT2D eigenvalue weighted by molar-refractivity contribution is 0.240. The SMILES string of the molecule is CCN(S)C(=O)Nc1ccc2ncc(N(c3ccccc3)n3ccnn3)nc2n1. The Bertz CT molecular complexity index is 1120. The number of rotatable bonds is 5. The Morgan fingerprint density at radius 2 is 2.00 bits per heavy atom. The van der Waals surface area contributed by atoms with Gasteiger partial charge in [0.25, 0.3) is 0 Å². The summed E-state index contributed by atoms with van der Waals surface area (Å²) in [4.78, 5) is 27.1. The molecule has 0 radical (unpaired) electrons. The molecule has 1 N–H and O–H groups in total. The van der Waals surface area contributed by atoms with Crippen LogP contribution in [0.5, 0.6) is 0 Å². The molecular formula is C18H17N9OS. The maximum absolute atomic E-state index is 12.0. The summed E-state index contributed by atoms with van der Waals surface area (Å²) in [6, 6.07) is 12.6. The number of carbonyl (C=O) groups is 1. The first kappa shape index (κ1) is 18.6. The minimum absolute atomic E-state index is 0.355. The molecule has 1 aromatic carbocycles. The molecule has 0 atom stereocenters. The molecule has 0 bridgehead atoms. The second-order valence-corrected chi connectivity index (χ2v) is 6.37. The number of urea groups is 1. The van der Waals surface area contributed by atoms with Crippen LogP contribution >= 0.6 is 12.8 Å². The minimum Gasteiger partial charge on any atom is -0.291 e. The molecule has 0 aliphatic carbocycles. The van der Waals surface area contributed by atoms with E-state index in [9.17, 15) is 4.79 Å². The number of amides is 2. The fraction of sp³-hybridized carbons (Fsp3) is 0.111. The monoisotopic (exact) mass is 407 g/mol. The quantitative estimate of drug-likeness (QED) is 0.490. The predicted molar refractivity (Wildman–Crippen MR) is 112 cm³/mol. The average Bonchev–Trinajstić information content (AvgIpc) is 3.28. The average molecular weight is 407 g/mol. The third-order valence-electron chi connectivity index (χ3n) is 4.00. The van der Waals surface area contributed by atoms with Crippen LogP contribution in [0.4, 0.5) is 22.1 Å². The molecule has 3 aromatic heterocycles. The number of carbonyl (C=O) groups excluding carboxylic acids is 1. The van der Waals surface area contributed by atoms with Crippen molar-refractivity contribution in [3.8, 4) is 0 Å². The molecule has 146 valence electrons. The minimum atomic E-state index is -0.375. The van der Waals surface area contributed by atoms with Gasteiger partial charge in [-0.25, -0.2) is 24.8 Å². The topological polar surface area (TPSA) is 105 Å². The third kappa shape index (κ3) is 3.94. The zero-order valence-electron chi connectivity index (χ0n) is 15.4. The predicted octanol–water partition coefficient (Wildman–Crippen LogP) is 2.92. The lowest BCUT2D eigenvalue weighted by Crippen LogP contribution is -2.27. The van der Waals surface area contributed by atoms with Crippen molar-refractivity contribution < 1.29 is 4.79 Å². The van der Waals surface area contributed by atoms with Crippen LogP contribution in [0.2, 0.25) is 0 Å². The van der Waals surface area contributed by atoms with Gasteiger partial charge in [0, 0.05) is 6.54 Å². The van der Waals surface area contributed by atoms with Gasteiger partial charge in [-0.3, -0.25) is 9.62 Å². The van der Waals surface area contributed by atoms with Crippen molar-refractivity contribution in [2.45, 2.75) is 6.92 Å². The summed E-state index contributed by atoms with van der Waals surface area (Å²) >= 11 is 4.09. The van der Waals surface area contributed by atoms with Crippen molar-refractivity contribution in [1.82, 2.24) is 34.4 Å². The molecule has 11 heteroatoms. The van der Waals surface area contributed by atoms with Gasteiger partial charge in [0.15, 0.2) is 11.5 Å². The number of hydrogen-bond donors (Lipinski definition) is 2. The summed E-state index contributed by atoms with van der Waals surface area (Å²) in [5, 5.41) is 12.4. The van der Waals surface area contributed by atoms with Crippen molar-refractivity contribution in [3.63, 3.8) is 0 Å². The van der Waals surface area contributed by atoms with Gasteiger partial charge in [-0.15, -0.1) is 5.10 Å². The van der Waals surface area contributed by atoms with Crippen LogP contribution in [0.1, 0.15) is 6.92 Å². The van der Waals surface area contributed by atoms with E-state index in [4.69, 9.17) is 0 Å². The van der Waals surface area contributed by atoms with Crippen LogP contribution < -0.4 is 10.3 Å². The molecule has 4 rings (SSSR count). The highest BCUT2D eigenvalue weighted by Crippen LogP contribution is 2.24.